The minimum Gasteiger partial charge on any atom is -0.494 e. The van der Waals surface area contributed by atoms with Crippen LogP contribution in [0, 0.1) is 6.92 Å². The summed E-state index contributed by atoms with van der Waals surface area (Å²) in [4.78, 5) is 29.3. The summed E-state index contributed by atoms with van der Waals surface area (Å²) in [7, 11) is 0. The highest BCUT2D eigenvalue weighted by Crippen LogP contribution is 2.17. The number of amides is 2. The first-order chi connectivity index (χ1) is 13.5. The average molecular weight is 399 g/mol. The lowest BCUT2D eigenvalue weighted by Crippen LogP contribution is -2.50. The molecule has 6 heteroatoms. The van der Waals surface area contributed by atoms with Gasteiger partial charge in [0.25, 0.3) is 5.91 Å². The zero-order valence-electron chi connectivity index (χ0n) is 16.1. The van der Waals surface area contributed by atoms with Gasteiger partial charge in [-0.2, -0.15) is 0 Å². The Morgan fingerprint density at radius 2 is 1.61 bits per heavy atom. The molecule has 0 bridgehead atoms. The van der Waals surface area contributed by atoms with Crippen molar-refractivity contribution in [2.24, 2.45) is 0 Å². The monoisotopic (exact) mass is 398 g/mol. The zero-order chi connectivity index (χ0) is 19.9. The minimum absolute atomic E-state index is 0.0239. The van der Waals surface area contributed by atoms with Crippen molar-refractivity contribution in [2.45, 2.75) is 24.7 Å². The molecule has 1 fully saturated rings. The first-order valence-electron chi connectivity index (χ1n) is 9.59. The zero-order valence-corrected chi connectivity index (χ0v) is 17.0. The number of hydrogen-bond acceptors (Lipinski definition) is 4. The van der Waals surface area contributed by atoms with Gasteiger partial charge in [-0.1, -0.05) is 29.8 Å². The summed E-state index contributed by atoms with van der Waals surface area (Å²) in [6.45, 7) is 4.79. The summed E-state index contributed by atoms with van der Waals surface area (Å²) in [5.74, 6) is 0.924. The van der Waals surface area contributed by atoms with Crippen LogP contribution in [0.4, 0.5) is 0 Å². The maximum Gasteiger partial charge on any atom is 0.255 e. The number of carbonyl (C=O) groups is 2. The van der Waals surface area contributed by atoms with Crippen LogP contribution in [0.3, 0.4) is 0 Å². The van der Waals surface area contributed by atoms with Crippen LogP contribution in [0.25, 0.3) is 0 Å². The summed E-state index contributed by atoms with van der Waals surface area (Å²) >= 11 is 4.36. The SMILES string of the molecule is Cc1ccc(OCCCC(=O)N2CCN(C(=O)c3ccccc3S)CC2)cc1. The van der Waals surface area contributed by atoms with Gasteiger partial charge < -0.3 is 14.5 Å². The van der Waals surface area contributed by atoms with Crippen molar-refractivity contribution < 1.29 is 14.3 Å². The Hall–Kier alpha value is -2.47. The molecular formula is C22H26N2O3S. The maximum absolute atomic E-state index is 12.6. The van der Waals surface area contributed by atoms with Gasteiger partial charge in [0.2, 0.25) is 5.91 Å². The summed E-state index contributed by atoms with van der Waals surface area (Å²) < 4.78 is 5.68. The van der Waals surface area contributed by atoms with Crippen LogP contribution in [0.5, 0.6) is 5.75 Å². The summed E-state index contributed by atoms with van der Waals surface area (Å²) in [6, 6.07) is 15.2. The van der Waals surface area contributed by atoms with E-state index in [9.17, 15) is 9.59 Å². The van der Waals surface area contributed by atoms with Crippen molar-refractivity contribution in [3.63, 3.8) is 0 Å². The molecule has 2 aromatic rings. The number of carbonyl (C=O) groups excluding carboxylic acids is 2. The van der Waals surface area contributed by atoms with Crippen LogP contribution in [-0.4, -0.2) is 54.4 Å². The van der Waals surface area contributed by atoms with Gasteiger partial charge in [0.15, 0.2) is 0 Å². The average Bonchev–Trinajstić information content (AvgIpc) is 2.72. The molecule has 0 aliphatic carbocycles. The maximum atomic E-state index is 12.6. The molecule has 1 heterocycles. The first kappa shape index (κ1) is 20.3. The predicted octanol–water partition coefficient (Wildman–Crippen LogP) is 3.43. The van der Waals surface area contributed by atoms with E-state index in [-0.39, 0.29) is 11.8 Å². The van der Waals surface area contributed by atoms with Gasteiger partial charge in [0, 0.05) is 37.5 Å². The highest BCUT2D eigenvalue weighted by Gasteiger charge is 2.25. The number of piperazine rings is 1. The van der Waals surface area contributed by atoms with E-state index in [0.717, 1.165) is 5.75 Å². The van der Waals surface area contributed by atoms with Gasteiger partial charge >= 0.3 is 0 Å². The van der Waals surface area contributed by atoms with Crippen molar-refractivity contribution in [1.82, 2.24) is 9.80 Å². The van der Waals surface area contributed by atoms with Gasteiger partial charge in [0.05, 0.1) is 12.2 Å². The third-order valence-corrected chi connectivity index (χ3v) is 5.27. The number of ether oxygens (including phenoxy) is 1. The van der Waals surface area contributed by atoms with Gasteiger partial charge in [-0.25, -0.2) is 0 Å². The first-order valence-corrected chi connectivity index (χ1v) is 10.0. The second-order valence-electron chi connectivity index (χ2n) is 6.96. The van der Waals surface area contributed by atoms with E-state index in [2.05, 4.69) is 12.6 Å². The Labute approximate surface area is 171 Å². The van der Waals surface area contributed by atoms with Gasteiger partial charge in [-0.3, -0.25) is 9.59 Å². The van der Waals surface area contributed by atoms with Gasteiger partial charge in [-0.15, -0.1) is 12.6 Å². The van der Waals surface area contributed by atoms with E-state index in [1.165, 1.54) is 5.56 Å². The fraction of sp³-hybridized carbons (Fsp3) is 0.364. The minimum atomic E-state index is -0.0239. The number of benzene rings is 2. The molecule has 1 aliphatic rings. The molecule has 5 nitrogen and oxygen atoms in total. The summed E-state index contributed by atoms with van der Waals surface area (Å²) in [6.07, 6.45) is 1.14. The van der Waals surface area contributed by atoms with Crippen LogP contribution in [0.15, 0.2) is 53.4 Å². The van der Waals surface area contributed by atoms with E-state index < -0.39 is 0 Å². The summed E-state index contributed by atoms with van der Waals surface area (Å²) in [5.41, 5.74) is 1.80. The fourth-order valence-electron chi connectivity index (χ4n) is 3.19. The lowest BCUT2D eigenvalue weighted by molar-refractivity contribution is -0.132. The molecule has 0 atom stereocenters. The smallest absolute Gasteiger partial charge is 0.255 e. The van der Waals surface area contributed by atoms with Crippen molar-refractivity contribution >= 4 is 24.4 Å². The molecule has 0 saturated carbocycles. The van der Waals surface area contributed by atoms with E-state index in [1.54, 1.807) is 11.0 Å². The number of thiol groups is 1. The molecule has 0 unspecified atom stereocenters. The molecule has 28 heavy (non-hydrogen) atoms. The molecule has 1 aliphatic heterocycles. The second-order valence-corrected chi connectivity index (χ2v) is 7.44. The van der Waals surface area contributed by atoms with E-state index >= 15 is 0 Å². The predicted molar refractivity (Wildman–Crippen MR) is 112 cm³/mol. The molecule has 1 saturated heterocycles. The van der Waals surface area contributed by atoms with Crippen molar-refractivity contribution in [1.29, 1.82) is 0 Å². The van der Waals surface area contributed by atoms with Crippen LogP contribution in [0.2, 0.25) is 0 Å². The Balaban J connectivity index is 1.39. The highest BCUT2D eigenvalue weighted by atomic mass is 32.1. The van der Waals surface area contributed by atoms with E-state index in [1.807, 2.05) is 54.3 Å². The lowest BCUT2D eigenvalue weighted by atomic mass is 10.1. The third kappa shape index (κ3) is 5.29. The van der Waals surface area contributed by atoms with Crippen LogP contribution in [0.1, 0.15) is 28.8 Å². The molecule has 3 rings (SSSR count). The molecule has 2 aromatic carbocycles. The quantitative estimate of drug-likeness (QED) is 0.599. The van der Waals surface area contributed by atoms with Crippen molar-refractivity contribution in [2.75, 3.05) is 32.8 Å². The van der Waals surface area contributed by atoms with Gasteiger partial charge in [-0.05, 0) is 37.6 Å². The Morgan fingerprint density at radius 1 is 0.964 bits per heavy atom. The third-order valence-electron chi connectivity index (χ3n) is 4.88. The van der Waals surface area contributed by atoms with E-state index in [0.29, 0.717) is 56.1 Å². The van der Waals surface area contributed by atoms with Crippen molar-refractivity contribution in [3.05, 3.63) is 59.7 Å². The second kappa shape index (κ2) is 9.64. The van der Waals surface area contributed by atoms with Crippen LogP contribution in [-0.2, 0) is 4.79 Å². The van der Waals surface area contributed by atoms with E-state index in [4.69, 9.17) is 4.74 Å². The number of nitrogens with zero attached hydrogens (tertiary/aromatic N) is 2. The normalized spacial score (nSPS) is 14.1. The Kier molecular flexibility index (Phi) is 6.98. The topological polar surface area (TPSA) is 49.9 Å². The largest absolute Gasteiger partial charge is 0.494 e. The Bertz CT molecular complexity index is 815. The van der Waals surface area contributed by atoms with Gasteiger partial charge in [0.1, 0.15) is 5.75 Å². The van der Waals surface area contributed by atoms with Crippen LogP contribution < -0.4 is 4.74 Å². The van der Waals surface area contributed by atoms with Crippen molar-refractivity contribution in [3.8, 4) is 5.75 Å². The molecule has 0 spiro atoms. The fourth-order valence-corrected chi connectivity index (χ4v) is 3.45. The molecule has 0 radical (unpaired) electrons. The Morgan fingerprint density at radius 3 is 2.29 bits per heavy atom. The molecule has 0 aromatic heterocycles. The number of hydrogen-bond donors (Lipinski definition) is 1. The number of aryl methyl sites for hydroxylation is 1. The van der Waals surface area contributed by atoms with Crippen LogP contribution >= 0.6 is 12.6 Å². The lowest BCUT2D eigenvalue weighted by Gasteiger charge is -2.35. The molecular weight excluding hydrogens is 372 g/mol. The molecule has 0 N–H and O–H groups in total. The number of rotatable bonds is 6. The highest BCUT2D eigenvalue weighted by molar-refractivity contribution is 7.80. The summed E-state index contributed by atoms with van der Waals surface area (Å²) in [5, 5.41) is 0. The molecule has 2 amide bonds. The standard InChI is InChI=1S/C22H26N2O3S/c1-17-8-10-18(11-9-17)27-16-4-7-21(25)23-12-14-24(15-13-23)22(26)19-5-2-3-6-20(19)28/h2-3,5-6,8-11,28H,4,7,12-16H2,1H3. The molecule has 148 valence electrons.